The molecule has 0 atom stereocenters. The summed E-state index contributed by atoms with van der Waals surface area (Å²) in [4.78, 5) is 0.214. The lowest BCUT2D eigenvalue weighted by molar-refractivity contribution is 0.457. The highest BCUT2D eigenvalue weighted by atomic mass is 35.5. The summed E-state index contributed by atoms with van der Waals surface area (Å²) in [5, 5.41) is 3.46. The number of rotatable bonds is 5. The highest BCUT2D eigenvalue weighted by Crippen LogP contribution is 2.62. The van der Waals surface area contributed by atoms with E-state index in [2.05, 4.69) is 37.7 Å². The van der Waals surface area contributed by atoms with Gasteiger partial charge in [-0.25, -0.2) is 13.1 Å². The molecular formula is C15H23ClN2O2S. The van der Waals surface area contributed by atoms with Gasteiger partial charge >= 0.3 is 0 Å². The van der Waals surface area contributed by atoms with Crippen LogP contribution in [0.3, 0.4) is 0 Å². The molecule has 2 N–H and O–H groups in total. The monoisotopic (exact) mass is 330 g/mol. The summed E-state index contributed by atoms with van der Waals surface area (Å²) < 4.78 is 27.8. The van der Waals surface area contributed by atoms with Crippen molar-refractivity contribution in [2.24, 2.45) is 10.8 Å². The Balaban J connectivity index is 2.24. The van der Waals surface area contributed by atoms with Gasteiger partial charge in [0.1, 0.15) is 0 Å². The van der Waals surface area contributed by atoms with Crippen LogP contribution in [0.5, 0.6) is 0 Å². The smallest absolute Gasteiger partial charge is 0.240 e. The summed E-state index contributed by atoms with van der Waals surface area (Å²) in [6.07, 6.45) is 0. The Kier molecular flexibility index (Phi) is 4.17. The minimum atomic E-state index is -3.55. The average molecular weight is 331 g/mol. The lowest BCUT2D eigenvalue weighted by Crippen LogP contribution is -2.30. The van der Waals surface area contributed by atoms with E-state index in [1.165, 1.54) is 6.07 Å². The summed E-state index contributed by atoms with van der Waals surface area (Å²) in [6, 6.07) is 4.80. The lowest BCUT2D eigenvalue weighted by Gasteiger charge is -2.10. The van der Waals surface area contributed by atoms with Crippen molar-refractivity contribution in [3.63, 3.8) is 0 Å². The minimum Gasteiger partial charge on any atom is -0.316 e. The van der Waals surface area contributed by atoms with Gasteiger partial charge in [-0.3, -0.25) is 0 Å². The van der Waals surface area contributed by atoms with Crippen molar-refractivity contribution < 1.29 is 8.42 Å². The van der Waals surface area contributed by atoms with Crippen molar-refractivity contribution >= 4 is 21.6 Å². The molecular weight excluding hydrogens is 308 g/mol. The quantitative estimate of drug-likeness (QED) is 0.872. The zero-order valence-electron chi connectivity index (χ0n) is 13.1. The van der Waals surface area contributed by atoms with Crippen molar-refractivity contribution in [1.29, 1.82) is 0 Å². The molecule has 0 saturated heterocycles. The van der Waals surface area contributed by atoms with Crippen molar-refractivity contribution in [1.82, 2.24) is 10.0 Å². The van der Waals surface area contributed by atoms with Crippen molar-refractivity contribution in [2.45, 2.75) is 45.2 Å². The Hall–Kier alpha value is -0.620. The average Bonchev–Trinajstić information content (AvgIpc) is 2.74. The fourth-order valence-corrected chi connectivity index (χ4v) is 4.61. The molecule has 21 heavy (non-hydrogen) atoms. The van der Waals surface area contributed by atoms with Gasteiger partial charge in [0.25, 0.3) is 0 Å². The number of halogens is 1. The molecule has 0 amide bonds. The van der Waals surface area contributed by atoms with Gasteiger partial charge in [-0.05, 0) is 35.6 Å². The van der Waals surface area contributed by atoms with Gasteiger partial charge in [0, 0.05) is 17.6 Å². The van der Waals surface area contributed by atoms with Crippen molar-refractivity contribution in [3.05, 3.63) is 28.8 Å². The van der Waals surface area contributed by atoms with E-state index < -0.39 is 10.0 Å². The summed E-state index contributed by atoms with van der Waals surface area (Å²) in [5.41, 5.74) is 0.788. The molecule has 0 unspecified atom stereocenters. The van der Waals surface area contributed by atoms with Gasteiger partial charge in [0.2, 0.25) is 10.0 Å². The first-order valence-electron chi connectivity index (χ1n) is 6.99. The molecule has 1 aromatic carbocycles. The Morgan fingerprint density at radius 1 is 1.19 bits per heavy atom. The molecule has 0 aromatic heterocycles. The molecule has 2 rings (SSSR count). The van der Waals surface area contributed by atoms with Gasteiger partial charge < -0.3 is 5.32 Å². The molecule has 0 bridgehead atoms. The highest BCUT2D eigenvalue weighted by Gasteiger charge is 2.66. The molecule has 0 radical (unpaired) electrons. The number of nitrogens with one attached hydrogen (secondary N) is 2. The lowest BCUT2D eigenvalue weighted by atomic mass is 10.0. The molecule has 4 nitrogen and oxygen atoms in total. The van der Waals surface area contributed by atoms with E-state index in [-0.39, 0.29) is 21.8 Å². The second-order valence-electron chi connectivity index (χ2n) is 6.78. The first kappa shape index (κ1) is 16.7. The number of hydrogen-bond acceptors (Lipinski definition) is 3. The van der Waals surface area contributed by atoms with E-state index in [1.54, 1.807) is 12.1 Å². The molecule has 1 fully saturated rings. The second kappa shape index (κ2) is 5.23. The van der Waals surface area contributed by atoms with E-state index in [9.17, 15) is 8.42 Å². The van der Waals surface area contributed by atoms with Crippen LogP contribution < -0.4 is 10.0 Å². The number of sulfonamides is 1. The zero-order valence-corrected chi connectivity index (χ0v) is 14.7. The van der Waals surface area contributed by atoms with Gasteiger partial charge in [0.15, 0.2) is 0 Å². The molecule has 118 valence electrons. The molecule has 1 aliphatic rings. The SMILES string of the molecule is CNCc1ccc(S(=O)(=O)NC2C(C)(C)C2(C)C)cc1Cl. The predicted octanol–water partition coefficient (Wildman–Crippen LogP) is 2.77. The molecule has 1 aromatic rings. The van der Waals surface area contributed by atoms with Crippen LogP contribution in [0.2, 0.25) is 5.02 Å². The first-order valence-corrected chi connectivity index (χ1v) is 8.85. The van der Waals surface area contributed by atoms with Gasteiger partial charge in [-0.15, -0.1) is 0 Å². The second-order valence-corrected chi connectivity index (χ2v) is 8.90. The van der Waals surface area contributed by atoms with E-state index in [0.717, 1.165) is 5.56 Å². The molecule has 1 saturated carbocycles. The summed E-state index contributed by atoms with van der Waals surface area (Å²) >= 11 is 6.15. The Morgan fingerprint density at radius 3 is 2.19 bits per heavy atom. The van der Waals surface area contributed by atoms with Crippen molar-refractivity contribution in [3.8, 4) is 0 Å². The van der Waals surface area contributed by atoms with Crippen LogP contribution in [0, 0.1) is 10.8 Å². The first-order chi connectivity index (χ1) is 9.54. The van der Waals surface area contributed by atoms with E-state index in [4.69, 9.17) is 11.6 Å². The number of hydrogen-bond donors (Lipinski definition) is 2. The summed E-state index contributed by atoms with van der Waals surface area (Å²) in [7, 11) is -1.73. The molecule has 1 aliphatic carbocycles. The Labute approximate surface area is 132 Å². The van der Waals surface area contributed by atoms with E-state index >= 15 is 0 Å². The maximum absolute atomic E-state index is 12.5. The maximum Gasteiger partial charge on any atom is 0.240 e. The third-order valence-corrected chi connectivity index (χ3v) is 6.77. The molecule has 0 aliphatic heterocycles. The van der Waals surface area contributed by atoms with E-state index in [1.807, 2.05) is 7.05 Å². The van der Waals surface area contributed by atoms with Crippen LogP contribution >= 0.6 is 11.6 Å². The van der Waals surface area contributed by atoms with Crippen LogP contribution in [0.25, 0.3) is 0 Å². The third-order valence-electron chi connectivity index (χ3n) is 5.00. The third kappa shape index (κ3) is 2.84. The minimum absolute atomic E-state index is 0.0457. The van der Waals surface area contributed by atoms with Crippen LogP contribution in [-0.4, -0.2) is 21.5 Å². The standard InChI is InChI=1S/C15H23ClN2O2S/c1-14(2)13(15(14,3)4)18-21(19,20)11-7-6-10(9-17-5)12(16)8-11/h6-8,13,17-18H,9H2,1-5H3. The van der Waals surface area contributed by atoms with Crippen LogP contribution in [0.15, 0.2) is 23.1 Å². The fourth-order valence-electron chi connectivity index (χ4n) is 2.74. The highest BCUT2D eigenvalue weighted by molar-refractivity contribution is 7.89. The fraction of sp³-hybridized carbons (Fsp3) is 0.600. The normalized spacial score (nSPS) is 20.5. The van der Waals surface area contributed by atoms with E-state index in [0.29, 0.717) is 11.6 Å². The molecule has 0 heterocycles. The largest absolute Gasteiger partial charge is 0.316 e. The van der Waals surface area contributed by atoms with Crippen molar-refractivity contribution in [2.75, 3.05) is 7.05 Å². The summed E-state index contributed by atoms with van der Waals surface area (Å²) in [6.45, 7) is 8.90. The molecule has 6 heteroatoms. The Morgan fingerprint density at radius 2 is 1.76 bits per heavy atom. The van der Waals surface area contributed by atoms with Gasteiger partial charge in [-0.2, -0.15) is 0 Å². The van der Waals surface area contributed by atoms with Gasteiger partial charge in [-0.1, -0.05) is 45.4 Å². The maximum atomic E-state index is 12.5. The number of benzene rings is 1. The summed E-state index contributed by atoms with van der Waals surface area (Å²) in [5.74, 6) is 0. The Bertz CT molecular complexity index is 640. The predicted molar refractivity (Wildman–Crippen MR) is 85.9 cm³/mol. The zero-order chi connectivity index (χ0) is 16.1. The molecule has 0 spiro atoms. The van der Waals surface area contributed by atoms with Gasteiger partial charge in [0.05, 0.1) is 4.90 Å². The topological polar surface area (TPSA) is 58.2 Å². The van der Waals surface area contributed by atoms with Crippen LogP contribution in [-0.2, 0) is 16.6 Å². The van der Waals surface area contributed by atoms with Crippen LogP contribution in [0.4, 0.5) is 0 Å². The van der Waals surface area contributed by atoms with Crippen LogP contribution in [0.1, 0.15) is 33.3 Å².